The molecule has 2 N–H and O–H groups in total. The van der Waals surface area contributed by atoms with Gasteiger partial charge in [0, 0.05) is 46.2 Å². The Morgan fingerprint density at radius 3 is 1.89 bits per heavy atom. The summed E-state index contributed by atoms with van der Waals surface area (Å²) in [5.41, 5.74) is 0. The number of hydrogen-bond acceptors (Lipinski definition) is 10. The number of ketones is 2. The fourth-order valence-corrected chi connectivity index (χ4v) is 6.38. The van der Waals surface area contributed by atoms with E-state index < -0.39 is 29.6 Å². The second-order valence-corrected chi connectivity index (χ2v) is 12.3. The monoisotopic (exact) mass is 646 g/mol. The molecule has 234 valence electrons. The molecule has 10 nitrogen and oxygen atoms in total. The summed E-state index contributed by atoms with van der Waals surface area (Å²) < 4.78 is 39.1. The van der Waals surface area contributed by atoms with Gasteiger partial charge in [-0.1, -0.05) is 13.8 Å². The van der Waals surface area contributed by atoms with Crippen LogP contribution in [0.5, 0.6) is 23.0 Å². The largest absolute Gasteiger partial charge is 0.493 e. The SMILES string of the molecule is COc1cc2cc(C(=O)CC(C)C(=O)O)sc2cc1OCCCOc1c(OC)cc2sc(C(=O)CC(C)C(=O)O)cc2c1F. The number of benzene rings is 2. The number of carboxylic acid groups (broad SMARTS) is 2. The van der Waals surface area contributed by atoms with E-state index >= 15 is 4.39 Å². The Morgan fingerprint density at radius 2 is 1.30 bits per heavy atom. The van der Waals surface area contributed by atoms with E-state index in [4.69, 9.17) is 29.2 Å². The molecule has 4 rings (SSSR count). The molecule has 4 aromatic rings. The lowest BCUT2D eigenvalue weighted by atomic mass is 10.0. The number of hydrogen-bond donors (Lipinski definition) is 2. The van der Waals surface area contributed by atoms with Gasteiger partial charge in [0.1, 0.15) is 0 Å². The van der Waals surface area contributed by atoms with Gasteiger partial charge in [-0.05, 0) is 23.6 Å². The Balaban J connectivity index is 1.41. The van der Waals surface area contributed by atoms with Crippen molar-refractivity contribution in [1.29, 1.82) is 0 Å². The highest BCUT2D eigenvalue weighted by molar-refractivity contribution is 7.21. The average molecular weight is 647 g/mol. The fourth-order valence-electron chi connectivity index (χ4n) is 4.33. The van der Waals surface area contributed by atoms with Gasteiger partial charge < -0.3 is 29.2 Å². The minimum absolute atomic E-state index is 0.0782. The van der Waals surface area contributed by atoms with Gasteiger partial charge in [-0.25, -0.2) is 4.39 Å². The lowest BCUT2D eigenvalue weighted by molar-refractivity contribution is -0.141. The summed E-state index contributed by atoms with van der Waals surface area (Å²) in [5, 5.41) is 19.1. The van der Waals surface area contributed by atoms with Crippen LogP contribution in [0.4, 0.5) is 4.39 Å². The first kappa shape index (κ1) is 32.7. The summed E-state index contributed by atoms with van der Waals surface area (Å²) in [7, 11) is 2.87. The topological polar surface area (TPSA) is 146 Å². The van der Waals surface area contributed by atoms with Gasteiger partial charge in [-0.15, -0.1) is 22.7 Å². The number of Topliss-reactive ketones (excluding diaryl/α,β-unsaturated/α-hetero) is 2. The zero-order chi connectivity index (χ0) is 32.1. The van der Waals surface area contributed by atoms with Gasteiger partial charge in [-0.3, -0.25) is 19.2 Å². The third kappa shape index (κ3) is 7.28. The van der Waals surface area contributed by atoms with Crippen molar-refractivity contribution in [2.75, 3.05) is 27.4 Å². The van der Waals surface area contributed by atoms with Crippen LogP contribution in [0, 0.1) is 17.7 Å². The van der Waals surface area contributed by atoms with E-state index in [1.54, 1.807) is 24.3 Å². The summed E-state index contributed by atoms with van der Waals surface area (Å²) in [5.74, 6) is -4.13. The summed E-state index contributed by atoms with van der Waals surface area (Å²) >= 11 is 2.30. The Labute approximate surface area is 259 Å². The molecular formula is C31H31FO10S2. The van der Waals surface area contributed by atoms with Crippen molar-refractivity contribution in [1.82, 2.24) is 0 Å². The number of methoxy groups -OCH3 is 2. The molecule has 0 bridgehead atoms. The molecule has 0 amide bonds. The number of halogens is 1. The van der Waals surface area contributed by atoms with Gasteiger partial charge in [0.25, 0.3) is 0 Å². The Kier molecular flexibility index (Phi) is 10.4. The van der Waals surface area contributed by atoms with Crippen molar-refractivity contribution < 1.29 is 52.7 Å². The first-order valence-electron chi connectivity index (χ1n) is 13.6. The molecule has 2 aromatic carbocycles. The van der Waals surface area contributed by atoms with E-state index in [2.05, 4.69) is 0 Å². The van der Waals surface area contributed by atoms with Gasteiger partial charge in [-0.2, -0.15) is 0 Å². The van der Waals surface area contributed by atoms with Crippen molar-refractivity contribution >= 4 is 66.4 Å². The van der Waals surface area contributed by atoms with E-state index in [0.29, 0.717) is 27.5 Å². The maximum Gasteiger partial charge on any atom is 0.306 e. The zero-order valence-corrected chi connectivity index (χ0v) is 26.1. The predicted octanol–water partition coefficient (Wildman–Crippen LogP) is 6.71. The van der Waals surface area contributed by atoms with Gasteiger partial charge in [0.15, 0.2) is 40.4 Å². The molecule has 44 heavy (non-hydrogen) atoms. The van der Waals surface area contributed by atoms with E-state index in [1.807, 2.05) is 0 Å². The van der Waals surface area contributed by atoms with E-state index in [9.17, 15) is 19.2 Å². The van der Waals surface area contributed by atoms with Crippen LogP contribution in [0.2, 0.25) is 0 Å². The number of fused-ring (bicyclic) bond motifs is 2. The highest BCUT2D eigenvalue weighted by Gasteiger charge is 2.23. The van der Waals surface area contributed by atoms with Crippen LogP contribution in [0.25, 0.3) is 20.2 Å². The van der Waals surface area contributed by atoms with Crippen LogP contribution in [0.15, 0.2) is 30.3 Å². The van der Waals surface area contributed by atoms with Crippen LogP contribution in [-0.2, 0) is 9.59 Å². The quantitative estimate of drug-likeness (QED) is 0.0995. The molecule has 0 aliphatic rings. The Hall–Kier alpha value is -4.23. The van der Waals surface area contributed by atoms with E-state index in [0.717, 1.165) is 21.4 Å². The molecule has 2 unspecified atom stereocenters. The fraction of sp³-hybridized carbons (Fsp3) is 0.355. The molecule has 0 spiro atoms. The predicted molar refractivity (Wildman–Crippen MR) is 164 cm³/mol. The van der Waals surface area contributed by atoms with Crippen LogP contribution >= 0.6 is 22.7 Å². The number of aliphatic carboxylic acids is 2. The Bertz CT molecular complexity index is 1720. The zero-order valence-electron chi connectivity index (χ0n) is 24.4. The summed E-state index contributed by atoms with van der Waals surface area (Å²) in [6, 6.07) is 8.18. The van der Waals surface area contributed by atoms with Crippen molar-refractivity contribution in [2.45, 2.75) is 33.1 Å². The third-order valence-electron chi connectivity index (χ3n) is 6.87. The number of carbonyl (C=O) groups excluding carboxylic acids is 2. The van der Waals surface area contributed by atoms with Crippen molar-refractivity contribution in [3.05, 3.63) is 45.9 Å². The molecule has 0 saturated carbocycles. The second-order valence-electron chi connectivity index (χ2n) is 10.2. The van der Waals surface area contributed by atoms with E-state index in [1.165, 1.54) is 45.5 Å². The number of carbonyl (C=O) groups is 4. The number of ether oxygens (including phenoxy) is 4. The minimum atomic E-state index is -1.08. The maximum atomic E-state index is 15.5. The molecule has 13 heteroatoms. The minimum Gasteiger partial charge on any atom is -0.493 e. The molecule has 2 atom stereocenters. The Morgan fingerprint density at radius 1 is 0.750 bits per heavy atom. The molecule has 0 aliphatic heterocycles. The van der Waals surface area contributed by atoms with Crippen molar-refractivity contribution in [2.24, 2.45) is 11.8 Å². The third-order valence-corrected chi connectivity index (χ3v) is 9.14. The van der Waals surface area contributed by atoms with E-state index in [-0.39, 0.29) is 59.4 Å². The smallest absolute Gasteiger partial charge is 0.306 e. The summed E-state index contributed by atoms with van der Waals surface area (Å²) in [6.07, 6.45) is 0.0715. The van der Waals surface area contributed by atoms with Crippen LogP contribution in [0.3, 0.4) is 0 Å². The highest BCUT2D eigenvalue weighted by Crippen LogP contribution is 2.41. The molecule has 0 aliphatic carbocycles. The van der Waals surface area contributed by atoms with Gasteiger partial charge in [0.2, 0.25) is 0 Å². The molecule has 2 heterocycles. The molecule has 0 radical (unpaired) electrons. The summed E-state index contributed by atoms with van der Waals surface area (Å²) in [4.78, 5) is 48.1. The molecule has 0 saturated heterocycles. The van der Waals surface area contributed by atoms with Crippen LogP contribution in [-0.4, -0.2) is 61.2 Å². The van der Waals surface area contributed by atoms with Crippen molar-refractivity contribution in [3.63, 3.8) is 0 Å². The lowest BCUT2D eigenvalue weighted by Gasteiger charge is -2.13. The number of thiophene rings is 2. The highest BCUT2D eigenvalue weighted by atomic mass is 32.1. The molecule has 2 aromatic heterocycles. The number of carboxylic acids is 2. The van der Waals surface area contributed by atoms with Crippen molar-refractivity contribution in [3.8, 4) is 23.0 Å². The van der Waals surface area contributed by atoms with Gasteiger partial charge >= 0.3 is 11.9 Å². The maximum absolute atomic E-state index is 15.5. The van der Waals surface area contributed by atoms with Crippen LogP contribution < -0.4 is 18.9 Å². The van der Waals surface area contributed by atoms with Gasteiger partial charge in [0.05, 0.1) is 49.0 Å². The second kappa shape index (κ2) is 14.0. The molecular weight excluding hydrogens is 615 g/mol. The first-order chi connectivity index (χ1) is 20.9. The lowest BCUT2D eigenvalue weighted by Crippen LogP contribution is -2.13. The molecule has 0 fully saturated rings. The normalized spacial score (nSPS) is 12.6. The number of rotatable bonds is 16. The first-order valence-corrected chi connectivity index (χ1v) is 15.3. The average Bonchev–Trinajstić information content (AvgIpc) is 3.61. The standard InChI is InChI=1S/C31H31FO10S2/c1-15(30(35)36)8-19(33)26-11-17-10-21(39-3)22(13-24(17)43-26)41-6-5-7-42-29-23(40-4)14-25-18(28(29)32)12-27(44-25)20(34)9-16(2)31(37)38/h10-16H,5-9H2,1-4H3,(H,35,36)(H,37,38). The van der Waals surface area contributed by atoms with Crippen LogP contribution in [0.1, 0.15) is 52.5 Å². The summed E-state index contributed by atoms with van der Waals surface area (Å²) in [6.45, 7) is 3.20.